The van der Waals surface area contributed by atoms with Gasteiger partial charge in [0.05, 0.1) is 35.6 Å². The Morgan fingerprint density at radius 2 is 2.04 bits per heavy atom. The van der Waals surface area contributed by atoms with Gasteiger partial charge in [0.2, 0.25) is 0 Å². The van der Waals surface area contributed by atoms with E-state index in [2.05, 4.69) is 35.6 Å². The van der Waals surface area contributed by atoms with Gasteiger partial charge in [-0.1, -0.05) is 6.92 Å². The molecule has 8 heteroatoms. The number of anilines is 1. The van der Waals surface area contributed by atoms with Crippen molar-refractivity contribution in [3.8, 4) is 0 Å². The zero-order chi connectivity index (χ0) is 19.3. The topological polar surface area (TPSA) is 60.4 Å². The van der Waals surface area contributed by atoms with Crippen LogP contribution in [-0.2, 0) is 22.5 Å². The van der Waals surface area contributed by atoms with Gasteiger partial charge in [-0.2, -0.15) is 0 Å². The molecule has 0 aromatic carbocycles. The van der Waals surface area contributed by atoms with E-state index >= 15 is 0 Å². The van der Waals surface area contributed by atoms with E-state index < -0.39 is 0 Å². The lowest BCUT2D eigenvalue weighted by Crippen LogP contribution is -2.39. The van der Waals surface area contributed by atoms with Crippen molar-refractivity contribution in [2.45, 2.75) is 44.4 Å². The normalized spacial score (nSPS) is 19.3. The van der Waals surface area contributed by atoms with Crippen molar-refractivity contribution in [2.24, 2.45) is 0 Å². The molecule has 0 amide bonds. The SMILES string of the molecule is CCSc1ncnc2c1sc1nc(N3CCOCC3)c3c(c12)CC(C)(C)OC3. The molecule has 1 fully saturated rings. The van der Waals surface area contributed by atoms with Gasteiger partial charge in [0.15, 0.2) is 0 Å². The molecule has 3 aromatic heterocycles. The minimum absolute atomic E-state index is 0.189. The zero-order valence-corrected chi connectivity index (χ0v) is 18.1. The lowest BCUT2D eigenvalue weighted by atomic mass is 9.90. The molecule has 6 nitrogen and oxygen atoms in total. The maximum atomic E-state index is 6.19. The molecule has 0 bridgehead atoms. The number of nitrogens with zero attached hydrogens (tertiary/aromatic N) is 4. The highest BCUT2D eigenvalue weighted by molar-refractivity contribution is 7.99. The highest BCUT2D eigenvalue weighted by atomic mass is 32.2. The van der Waals surface area contributed by atoms with Gasteiger partial charge in [-0.25, -0.2) is 15.0 Å². The Hall–Kier alpha value is -1.48. The Bertz CT molecular complexity index is 1040. The summed E-state index contributed by atoms with van der Waals surface area (Å²) in [4.78, 5) is 17.7. The third-order valence-corrected chi connectivity index (χ3v) is 7.45. The predicted octanol–water partition coefficient (Wildman–Crippen LogP) is 4.04. The molecule has 5 heterocycles. The highest BCUT2D eigenvalue weighted by Gasteiger charge is 2.33. The molecular weight excluding hydrogens is 392 g/mol. The number of thiophene rings is 1. The zero-order valence-electron chi connectivity index (χ0n) is 16.4. The van der Waals surface area contributed by atoms with Crippen LogP contribution in [0.3, 0.4) is 0 Å². The molecule has 0 N–H and O–H groups in total. The molecule has 1 saturated heterocycles. The summed E-state index contributed by atoms with van der Waals surface area (Å²) in [5.74, 6) is 2.05. The average Bonchev–Trinajstić information content (AvgIpc) is 3.07. The number of hydrogen-bond acceptors (Lipinski definition) is 8. The number of morpholine rings is 1. The van der Waals surface area contributed by atoms with E-state index in [1.165, 1.54) is 16.5 Å². The highest BCUT2D eigenvalue weighted by Crippen LogP contribution is 2.44. The van der Waals surface area contributed by atoms with Crippen molar-refractivity contribution in [2.75, 3.05) is 37.0 Å². The van der Waals surface area contributed by atoms with Gasteiger partial charge >= 0.3 is 0 Å². The van der Waals surface area contributed by atoms with Gasteiger partial charge in [0, 0.05) is 30.5 Å². The molecule has 0 radical (unpaired) electrons. The van der Waals surface area contributed by atoms with Crippen LogP contribution in [0.25, 0.3) is 20.4 Å². The van der Waals surface area contributed by atoms with E-state index in [4.69, 9.17) is 14.5 Å². The average molecular weight is 417 g/mol. The third kappa shape index (κ3) is 3.07. The summed E-state index contributed by atoms with van der Waals surface area (Å²) in [5.41, 5.74) is 3.42. The molecule has 2 aliphatic heterocycles. The maximum Gasteiger partial charge on any atom is 0.136 e. The van der Waals surface area contributed by atoms with E-state index in [0.717, 1.165) is 64.4 Å². The molecule has 2 aliphatic rings. The maximum absolute atomic E-state index is 6.19. The van der Waals surface area contributed by atoms with Gasteiger partial charge < -0.3 is 14.4 Å². The fraction of sp³-hybridized carbons (Fsp3) is 0.550. The van der Waals surface area contributed by atoms with Crippen LogP contribution in [0, 0.1) is 0 Å². The first kappa shape index (κ1) is 18.5. The van der Waals surface area contributed by atoms with Crippen LogP contribution in [0.5, 0.6) is 0 Å². The van der Waals surface area contributed by atoms with E-state index in [1.54, 1.807) is 29.4 Å². The molecule has 148 valence electrons. The number of pyridine rings is 1. The summed E-state index contributed by atoms with van der Waals surface area (Å²) in [5, 5.41) is 2.26. The Balaban J connectivity index is 1.79. The first-order chi connectivity index (χ1) is 13.6. The smallest absolute Gasteiger partial charge is 0.136 e. The minimum atomic E-state index is -0.189. The monoisotopic (exact) mass is 416 g/mol. The molecule has 5 rings (SSSR count). The van der Waals surface area contributed by atoms with Crippen molar-refractivity contribution in [3.05, 3.63) is 17.5 Å². The Kier molecular flexibility index (Phi) is 4.70. The Morgan fingerprint density at radius 3 is 2.82 bits per heavy atom. The van der Waals surface area contributed by atoms with E-state index in [9.17, 15) is 0 Å². The van der Waals surface area contributed by atoms with Gasteiger partial charge in [-0.3, -0.25) is 0 Å². The van der Waals surface area contributed by atoms with Crippen molar-refractivity contribution in [3.63, 3.8) is 0 Å². The lowest BCUT2D eigenvalue weighted by Gasteiger charge is -2.36. The van der Waals surface area contributed by atoms with Crippen LogP contribution in [0.2, 0.25) is 0 Å². The number of ether oxygens (including phenoxy) is 2. The summed E-state index contributed by atoms with van der Waals surface area (Å²) >= 11 is 3.49. The van der Waals surface area contributed by atoms with Crippen LogP contribution in [-0.4, -0.2) is 52.6 Å². The first-order valence-corrected chi connectivity index (χ1v) is 11.6. The summed E-state index contributed by atoms with van der Waals surface area (Å²) < 4.78 is 12.9. The largest absolute Gasteiger partial charge is 0.378 e. The van der Waals surface area contributed by atoms with E-state index in [0.29, 0.717) is 6.61 Å². The van der Waals surface area contributed by atoms with Crippen LogP contribution in [0.4, 0.5) is 5.82 Å². The summed E-state index contributed by atoms with van der Waals surface area (Å²) in [7, 11) is 0. The Morgan fingerprint density at radius 1 is 1.21 bits per heavy atom. The van der Waals surface area contributed by atoms with Crippen LogP contribution >= 0.6 is 23.1 Å². The number of aromatic nitrogens is 3. The van der Waals surface area contributed by atoms with Crippen molar-refractivity contribution in [1.82, 2.24) is 15.0 Å². The lowest BCUT2D eigenvalue weighted by molar-refractivity contribution is -0.0396. The predicted molar refractivity (Wildman–Crippen MR) is 115 cm³/mol. The summed E-state index contributed by atoms with van der Waals surface area (Å²) in [6, 6.07) is 0. The minimum Gasteiger partial charge on any atom is -0.378 e. The molecule has 0 unspecified atom stereocenters. The Labute approximate surface area is 172 Å². The number of hydrogen-bond donors (Lipinski definition) is 0. The molecule has 0 spiro atoms. The third-order valence-electron chi connectivity index (χ3n) is 5.37. The standard InChI is InChI=1S/C20H24N4O2S2/c1-4-27-19-16-15(21-11-22-19)14-12-9-20(2,3)26-10-13(12)17(23-18(14)28-16)24-5-7-25-8-6-24/h11H,4-10H2,1-3H3. The fourth-order valence-corrected chi connectivity index (χ4v) is 6.01. The van der Waals surface area contributed by atoms with Crippen LogP contribution in [0.1, 0.15) is 31.9 Å². The first-order valence-electron chi connectivity index (χ1n) is 9.76. The van der Waals surface area contributed by atoms with Crippen molar-refractivity contribution in [1.29, 1.82) is 0 Å². The molecule has 0 saturated carbocycles. The van der Waals surface area contributed by atoms with Crippen molar-refractivity contribution >= 4 is 49.3 Å². The number of fused-ring (bicyclic) bond motifs is 5. The molecule has 0 aliphatic carbocycles. The van der Waals surface area contributed by atoms with Gasteiger partial charge in [-0.15, -0.1) is 23.1 Å². The summed E-state index contributed by atoms with van der Waals surface area (Å²) in [6.45, 7) is 10.3. The van der Waals surface area contributed by atoms with E-state index in [-0.39, 0.29) is 5.60 Å². The van der Waals surface area contributed by atoms with Crippen molar-refractivity contribution < 1.29 is 9.47 Å². The van der Waals surface area contributed by atoms with Crippen LogP contribution < -0.4 is 4.90 Å². The summed E-state index contributed by atoms with van der Waals surface area (Å²) in [6.07, 6.45) is 2.56. The molecule has 0 atom stereocenters. The van der Waals surface area contributed by atoms with Crippen LogP contribution in [0.15, 0.2) is 11.4 Å². The molecular formula is C20H24N4O2S2. The second-order valence-electron chi connectivity index (χ2n) is 7.79. The molecule has 28 heavy (non-hydrogen) atoms. The van der Waals surface area contributed by atoms with Gasteiger partial charge in [-0.05, 0) is 25.2 Å². The second kappa shape index (κ2) is 7.09. The van der Waals surface area contributed by atoms with Gasteiger partial charge in [0.25, 0.3) is 0 Å². The van der Waals surface area contributed by atoms with E-state index in [1.807, 2.05) is 0 Å². The number of thioether (sulfide) groups is 1. The molecule has 3 aromatic rings. The second-order valence-corrected chi connectivity index (χ2v) is 10.0. The number of rotatable bonds is 3. The van der Waals surface area contributed by atoms with Gasteiger partial charge in [0.1, 0.15) is 22.0 Å². The quantitative estimate of drug-likeness (QED) is 0.472. The fourth-order valence-electron chi connectivity index (χ4n) is 4.04.